The molecular formula is C15H17N3O4S. The van der Waals surface area contributed by atoms with Crippen molar-refractivity contribution in [1.82, 2.24) is 9.29 Å². The van der Waals surface area contributed by atoms with Crippen LogP contribution in [0.15, 0.2) is 53.7 Å². The minimum Gasteiger partial charge on any atom is -0.265 e. The zero-order valence-electron chi connectivity index (χ0n) is 12.6. The summed E-state index contributed by atoms with van der Waals surface area (Å²) in [4.78, 5) is 14.1. The molecule has 0 amide bonds. The van der Waals surface area contributed by atoms with E-state index in [1.54, 1.807) is 19.3 Å². The molecule has 0 saturated carbocycles. The molecule has 2 aromatic rings. The maximum atomic E-state index is 12.7. The van der Waals surface area contributed by atoms with Crippen LogP contribution in [0.4, 0.5) is 5.69 Å². The van der Waals surface area contributed by atoms with Crippen LogP contribution in [0.3, 0.4) is 0 Å². The van der Waals surface area contributed by atoms with Gasteiger partial charge in [0.05, 0.1) is 9.82 Å². The number of pyridine rings is 1. The summed E-state index contributed by atoms with van der Waals surface area (Å²) in [6, 6.07) is 8.76. The van der Waals surface area contributed by atoms with Gasteiger partial charge in [-0.1, -0.05) is 13.0 Å². The molecule has 8 heteroatoms. The molecule has 0 aliphatic carbocycles. The second-order valence-corrected chi connectivity index (χ2v) is 6.79. The molecule has 122 valence electrons. The Labute approximate surface area is 134 Å². The average Bonchev–Trinajstić information content (AvgIpc) is 2.56. The molecule has 1 heterocycles. The Morgan fingerprint density at radius 1 is 1.22 bits per heavy atom. The van der Waals surface area contributed by atoms with Crippen molar-refractivity contribution in [1.29, 1.82) is 0 Å². The number of nitro groups is 1. The molecule has 0 unspecified atom stereocenters. The second-order valence-electron chi connectivity index (χ2n) is 4.86. The molecule has 0 aliphatic heterocycles. The first-order valence-corrected chi connectivity index (χ1v) is 8.52. The number of sulfonamides is 1. The Balaban J connectivity index is 2.21. The van der Waals surface area contributed by atoms with Gasteiger partial charge in [0.1, 0.15) is 0 Å². The zero-order valence-corrected chi connectivity index (χ0v) is 13.4. The van der Waals surface area contributed by atoms with Gasteiger partial charge in [0, 0.05) is 37.6 Å². The fraction of sp³-hybridized carbons (Fsp3) is 0.267. The van der Waals surface area contributed by atoms with Gasteiger partial charge >= 0.3 is 0 Å². The van der Waals surface area contributed by atoms with Gasteiger partial charge in [-0.25, -0.2) is 8.42 Å². The number of aromatic nitrogens is 1. The van der Waals surface area contributed by atoms with Gasteiger partial charge in [-0.3, -0.25) is 15.1 Å². The summed E-state index contributed by atoms with van der Waals surface area (Å²) in [6.45, 7) is 2.32. The van der Waals surface area contributed by atoms with Gasteiger partial charge in [-0.05, 0) is 30.2 Å². The molecule has 1 aromatic carbocycles. The molecule has 7 nitrogen and oxygen atoms in total. The summed E-state index contributed by atoms with van der Waals surface area (Å²) in [7, 11) is -3.76. The van der Waals surface area contributed by atoms with Crippen LogP contribution in [-0.2, 0) is 16.4 Å². The van der Waals surface area contributed by atoms with Crippen molar-refractivity contribution in [3.8, 4) is 0 Å². The highest BCUT2D eigenvalue weighted by atomic mass is 32.2. The zero-order chi connectivity index (χ0) is 16.9. The van der Waals surface area contributed by atoms with Crippen LogP contribution >= 0.6 is 0 Å². The van der Waals surface area contributed by atoms with E-state index >= 15 is 0 Å². The third-order valence-corrected chi connectivity index (χ3v) is 5.39. The molecule has 0 aliphatic rings. The summed E-state index contributed by atoms with van der Waals surface area (Å²) in [6.07, 6.45) is 3.85. The Morgan fingerprint density at radius 2 is 1.91 bits per heavy atom. The number of nitrogens with zero attached hydrogens (tertiary/aromatic N) is 3. The first kappa shape index (κ1) is 17.0. The lowest BCUT2D eigenvalue weighted by atomic mass is 10.2. The van der Waals surface area contributed by atoms with Crippen molar-refractivity contribution in [3.05, 3.63) is 64.5 Å². The van der Waals surface area contributed by atoms with Gasteiger partial charge in [-0.15, -0.1) is 0 Å². The number of non-ortho nitro benzene ring substituents is 1. The first-order valence-electron chi connectivity index (χ1n) is 7.08. The summed E-state index contributed by atoms with van der Waals surface area (Å²) in [5.41, 5.74) is 0.740. The quantitative estimate of drug-likeness (QED) is 0.571. The van der Waals surface area contributed by atoms with Gasteiger partial charge in [0.2, 0.25) is 10.0 Å². The fourth-order valence-electron chi connectivity index (χ4n) is 2.16. The highest BCUT2D eigenvalue weighted by molar-refractivity contribution is 7.89. The van der Waals surface area contributed by atoms with E-state index in [0.29, 0.717) is 13.0 Å². The molecule has 2 rings (SSSR count). The van der Waals surface area contributed by atoms with Crippen molar-refractivity contribution in [2.24, 2.45) is 0 Å². The molecule has 23 heavy (non-hydrogen) atoms. The molecule has 0 bridgehead atoms. The Morgan fingerprint density at radius 3 is 2.52 bits per heavy atom. The first-order chi connectivity index (χ1) is 10.9. The number of likely N-dealkylation sites (N-methyl/N-ethyl adjacent to an activating group) is 1. The van der Waals surface area contributed by atoms with Crippen LogP contribution in [-0.4, -0.2) is 35.7 Å². The lowest BCUT2D eigenvalue weighted by molar-refractivity contribution is -0.385. The SMILES string of the molecule is CCN(CCc1ccncc1)S(=O)(=O)c1cccc([N+](=O)[O-])c1. The minimum atomic E-state index is -3.76. The third-order valence-electron chi connectivity index (χ3n) is 3.42. The topological polar surface area (TPSA) is 93.4 Å². The van der Waals surface area contributed by atoms with E-state index in [-0.39, 0.29) is 17.1 Å². The van der Waals surface area contributed by atoms with Crippen molar-refractivity contribution in [3.63, 3.8) is 0 Å². The van der Waals surface area contributed by atoms with Gasteiger partial charge < -0.3 is 0 Å². The largest absolute Gasteiger partial charge is 0.270 e. The summed E-state index contributed by atoms with van der Waals surface area (Å²) >= 11 is 0. The predicted octanol–water partition coefficient (Wildman–Crippen LogP) is 2.24. The smallest absolute Gasteiger partial charge is 0.265 e. The second kappa shape index (κ2) is 7.30. The van der Waals surface area contributed by atoms with E-state index < -0.39 is 14.9 Å². The van der Waals surface area contributed by atoms with E-state index in [2.05, 4.69) is 4.98 Å². The lowest BCUT2D eigenvalue weighted by Gasteiger charge is -2.20. The normalized spacial score (nSPS) is 11.6. The van der Waals surface area contributed by atoms with E-state index in [1.807, 2.05) is 12.1 Å². The molecule has 0 spiro atoms. The lowest BCUT2D eigenvalue weighted by Crippen LogP contribution is -2.32. The van der Waals surface area contributed by atoms with E-state index in [0.717, 1.165) is 11.6 Å². The number of hydrogen-bond donors (Lipinski definition) is 0. The maximum absolute atomic E-state index is 12.7. The van der Waals surface area contributed by atoms with Gasteiger partial charge in [0.15, 0.2) is 0 Å². The Hall–Kier alpha value is -2.32. The van der Waals surface area contributed by atoms with E-state index in [1.165, 1.54) is 22.5 Å². The van der Waals surface area contributed by atoms with Gasteiger partial charge in [-0.2, -0.15) is 4.31 Å². The van der Waals surface area contributed by atoms with Gasteiger partial charge in [0.25, 0.3) is 5.69 Å². The standard InChI is InChI=1S/C15H17N3O4S/c1-2-17(11-8-13-6-9-16-10-7-13)23(21,22)15-5-3-4-14(12-15)18(19)20/h3-7,9-10,12H,2,8,11H2,1H3. The maximum Gasteiger partial charge on any atom is 0.270 e. The third kappa shape index (κ3) is 4.11. The summed E-state index contributed by atoms with van der Waals surface area (Å²) < 4.78 is 26.6. The molecule has 0 radical (unpaired) electrons. The Kier molecular flexibility index (Phi) is 5.41. The van der Waals surface area contributed by atoms with Crippen molar-refractivity contribution < 1.29 is 13.3 Å². The molecule has 0 saturated heterocycles. The highest BCUT2D eigenvalue weighted by Crippen LogP contribution is 2.21. The summed E-state index contributed by atoms with van der Waals surface area (Å²) in [5.74, 6) is 0. The molecule has 0 fully saturated rings. The number of hydrogen-bond acceptors (Lipinski definition) is 5. The highest BCUT2D eigenvalue weighted by Gasteiger charge is 2.24. The van der Waals surface area contributed by atoms with Crippen LogP contribution < -0.4 is 0 Å². The Bertz CT molecular complexity index is 778. The van der Waals surface area contributed by atoms with Crippen molar-refractivity contribution in [2.75, 3.05) is 13.1 Å². The van der Waals surface area contributed by atoms with Crippen LogP contribution in [0.5, 0.6) is 0 Å². The average molecular weight is 335 g/mol. The molecular weight excluding hydrogens is 318 g/mol. The number of nitro benzene ring substituents is 1. The van der Waals surface area contributed by atoms with Crippen molar-refractivity contribution in [2.45, 2.75) is 18.2 Å². The fourth-order valence-corrected chi connectivity index (χ4v) is 3.65. The van der Waals surface area contributed by atoms with Crippen LogP contribution in [0, 0.1) is 10.1 Å². The van der Waals surface area contributed by atoms with Crippen LogP contribution in [0.25, 0.3) is 0 Å². The molecule has 1 aromatic heterocycles. The van der Waals surface area contributed by atoms with Crippen LogP contribution in [0.2, 0.25) is 0 Å². The number of benzene rings is 1. The molecule has 0 N–H and O–H groups in total. The summed E-state index contributed by atoms with van der Waals surface area (Å²) in [5, 5.41) is 10.8. The minimum absolute atomic E-state index is 0.0664. The van der Waals surface area contributed by atoms with E-state index in [9.17, 15) is 18.5 Å². The monoisotopic (exact) mass is 335 g/mol. The van der Waals surface area contributed by atoms with E-state index in [4.69, 9.17) is 0 Å². The molecule has 0 atom stereocenters. The van der Waals surface area contributed by atoms with Crippen molar-refractivity contribution >= 4 is 15.7 Å². The van der Waals surface area contributed by atoms with Crippen LogP contribution in [0.1, 0.15) is 12.5 Å². The predicted molar refractivity (Wildman–Crippen MR) is 85.5 cm³/mol. The number of rotatable bonds is 7.